The average Bonchev–Trinajstić information content (AvgIpc) is 2.94. The Bertz CT molecular complexity index is 634. The molecule has 1 aliphatic rings. The first-order valence-electron chi connectivity index (χ1n) is 6.49. The maximum absolute atomic E-state index is 11.1. The van der Waals surface area contributed by atoms with Gasteiger partial charge in [-0.3, -0.25) is 9.69 Å². The molecule has 0 bridgehead atoms. The van der Waals surface area contributed by atoms with Gasteiger partial charge >= 0.3 is 0 Å². The van der Waals surface area contributed by atoms with Crippen molar-refractivity contribution < 1.29 is 4.79 Å². The Morgan fingerprint density at radius 2 is 2.35 bits per heavy atom. The molecule has 106 valence electrons. The summed E-state index contributed by atoms with van der Waals surface area (Å²) in [6, 6.07) is 0. The van der Waals surface area contributed by atoms with Crippen LogP contribution in [0.25, 0.3) is 0 Å². The number of anilines is 1. The molecule has 7 heteroatoms. The zero-order chi connectivity index (χ0) is 14.1. The molecule has 0 aliphatic carbocycles. The summed E-state index contributed by atoms with van der Waals surface area (Å²) < 4.78 is 0. The number of thiazole rings is 2. The highest BCUT2D eigenvalue weighted by Gasteiger charge is 2.21. The minimum Gasteiger partial charge on any atom is -0.302 e. The van der Waals surface area contributed by atoms with Gasteiger partial charge in [0.15, 0.2) is 5.13 Å². The van der Waals surface area contributed by atoms with Crippen LogP contribution in [0.1, 0.15) is 28.2 Å². The fourth-order valence-electron chi connectivity index (χ4n) is 2.30. The van der Waals surface area contributed by atoms with Crippen LogP contribution in [0.4, 0.5) is 5.13 Å². The first-order chi connectivity index (χ1) is 9.60. The zero-order valence-corrected chi connectivity index (χ0v) is 13.1. The Morgan fingerprint density at radius 3 is 3.05 bits per heavy atom. The van der Waals surface area contributed by atoms with E-state index in [1.807, 2.05) is 6.92 Å². The van der Waals surface area contributed by atoms with E-state index in [1.165, 1.54) is 11.8 Å². The van der Waals surface area contributed by atoms with Gasteiger partial charge in [0, 0.05) is 43.2 Å². The molecule has 0 spiro atoms. The van der Waals surface area contributed by atoms with Crippen LogP contribution < -0.4 is 5.32 Å². The number of nitrogens with zero attached hydrogens (tertiary/aromatic N) is 3. The fraction of sp³-hybridized carbons (Fsp3) is 0.462. The van der Waals surface area contributed by atoms with Crippen molar-refractivity contribution in [1.29, 1.82) is 0 Å². The number of carbonyl (C=O) groups excluding carboxylic acids is 1. The quantitative estimate of drug-likeness (QED) is 0.946. The number of amides is 1. The van der Waals surface area contributed by atoms with Crippen molar-refractivity contribution in [2.45, 2.75) is 33.4 Å². The summed E-state index contributed by atoms with van der Waals surface area (Å²) in [4.78, 5) is 23.7. The van der Waals surface area contributed by atoms with Gasteiger partial charge in [-0.25, -0.2) is 9.97 Å². The van der Waals surface area contributed by atoms with Crippen molar-refractivity contribution in [2.24, 2.45) is 0 Å². The molecule has 0 saturated heterocycles. The van der Waals surface area contributed by atoms with E-state index in [-0.39, 0.29) is 5.91 Å². The Morgan fingerprint density at radius 1 is 1.50 bits per heavy atom. The van der Waals surface area contributed by atoms with Gasteiger partial charge < -0.3 is 5.32 Å². The number of fused-ring (bicyclic) bond motifs is 1. The molecule has 0 saturated carbocycles. The van der Waals surface area contributed by atoms with E-state index >= 15 is 0 Å². The second-order valence-electron chi connectivity index (χ2n) is 4.89. The average molecular weight is 308 g/mol. The lowest BCUT2D eigenvalue weighted by molar-refractivity contribution is -0.114. The summed E-state index contributed by atoms with van der Waals surface area (Å²) in [5.74, 6) is -0.0640. The van der Waals surface area contributed by atoms with Crippen LogP contribution >= 0.6 is 22.7 Å². The van der Waals surface area contributed by atoms with Crippen LogP contribution in [0.15, 0.2) is 5.38 Å². The Labute approximate surface area is 125 Å². The third kappa shape index (κ3) is 3.05. The molecule has 1 aliphatic heterocycles. The molecular weight excluding hydrogens is 292 g/mol. The minimum atomic E-state index is -0.0640. The van der Waals surface area contributed by atoms with Crippen molar-refractivity contribution in [3.8, 4) is 0 Å². The summed E-state index contributed by atoms with van der Waals surface area (Å²) in [6.07, 6.45) is 0.939. The first kappa shape index (κ1) is 13.7. The molecular formula is C13H16N4OS2. The lowest BCUT2D eigenvalue weighted by Crippen LogP contribution is -2.29. The number of rotatable bonds is 3. The van der Waals surface area contributed by atoms with Crippen LogP contribution in [0, 0.1) is 6.92 Å². The van der Waals surface area contributed by atoms with Crippen LogP contribution in [-0.2, 0) is 24.3 Å². The van der Waals surface area contributed by atoms with E-state index in [9.17, 15) is 4.79 Å². The standard InChI is InChI=1S/C13H16N4OS2/c1-8(18)14-13-16-11-3-4-17(6-12(11)20-13)5-10-7-19-9(2)15-10/h7H,3-6H2,1-2H3,(H,14,16,18). The largest absolute Gasteiger partial charge is 0.302 e. The van der Waals surface area contributed by atoms with Crippen LogP contribution in [0.2, 0.25) is 0 Å². The highest BCUT2D eigenvalue weighted by atomic mass is 32.1. The van der Waals surface area contributed by atoms with E-state index < -0.39 is 0 Å². The van der Waals surface area contributed by atoms with Gasteiger partial charge in [0.2, 0.25) is 5.91 Å². The molecule has 3 rings (SSSR count). The van der Waals surface area contributed by atoms with Crippen molar-refractivity contribution in [3.63, 3.8) is 0 Å². The lowest BCUT2D eigenvalue weighted by Gasteiger charge is -2.24. The molecule has 1 amide bonds. The minimum absolute atomic E-state index is 0.0640. The number of aromatic nitrogens is 2. The Hall–Kier alpha value is -1.31. The highest BCUT2D eigenvalue weighted by molar-refractivity contribution is 7.15. The van der Waals surface area contributed by atoms with E-state index in [2.05, 4.69) is 25.6 Å². The number of hydrogen-bond donors (Lipinski definition) is 1. The number of aryl methyl sites for hydroxylation is 1. The molecule has 20 heavy (non-hydrogen) atoms. The fourth-order valence-corrected chi connectivity index (χ4v) is 4.00. The highest BCUT2D eigenvalue weighted by Crippen LogP contribution is 2.29. The van der Waals surface area contributed by atoms with Gasteiger partial charge in [-0.05, 0) is 6.92 Å². The second-order valence-corrected chi connectivity index (χ2v) is 7.03. The molecule has 0 fully saturated rings. The second kappa shape index (κ2) is 5.59. The predicted octanol–water partition coefficient (Wildman–Crippen LogP) is 2.42. The van der Waals surface area contributed by atoms with Gasteiger partial charge in [0.25, 0.3) is 0 Å². The Kier molecular flexibility index (Phi) is 3.82. The number of hydrogen-bond acceptors (Lipinski definition) is 6. The Balaban J connectivity index is 1.68. The summed E-state index contributed by atoms with van der Waals surface area (Å²) >= 11 is 3.28. The predicted molar refractivity (Wildman–Crippen MR) is 81.1 cm³/mol. The van der Waals surface area contributed by atoms with Gasteiger partial charge in [-0.1, -0.05) is 0 Å². The summed E-state index contributed by atoms with van der Waals surface area (Å²) in [6.45, 7) is 6.32. The molecule has 0 aromatic carbocycles. The SMILES string of the molecule is CC(=O)Nc1nc2c(s1)CN(Cc1csc(C)n1)CC2. The van der Waals surface area contributed by atoms with Crippen molar-refractivity contribution in [2.75, 3.05) is 11.9 Å². The number of nitrogens with one attached hydrogen (secondary N) is 1. The van der Waals surface area contributed by atoms with E-state index in [0.717, 1.165) is 42.5 Å². The monoisotopic (exact) mass is 308 g/mol. The molecule has 2 aromatic heterocycles. The van der Waals surface area contributed by atoms with E-state index in [1.54, 1.807) is 22.7 Å². The smallest absolute Gasteiger partial charge is 0.223 e. The normalized spacial score (nSPS) is 15.1. The van der Waals surface area contributed by atoms with Gasteiger partial charge in [-0.15, -0.1) is 22.7 Å². The van der Waals surface area contributed by atoms with Gasteiger partial charge in [-0.2, -0.15) is 0 Å². The summed E-state index contributed by atoms with van der Waals surface area (Å²) in [5.41, 5.74) is 2.27. The van der Waals surface area contributed by atoms with Gasteiger partial charge in [0.05, 0.1) is 16.4 Å². The van der Waals surface area contributed by atoms with Crippen LogP contribution in [-0.4, -0.2) is 27.3 Å². The lowest BCUT2D eigenvalue weighted by atomic mass is 10.2. The van der Waals surface area contributed by atoms with E-state index in [0.29, 0.717) is 5.13 Å². The molecule has 0 unspecified atom stereocenters. The maximum Gasteiger partial charge on any atom is 0.223 e. The first-order valence-corrected chi connectivity index (χ1v) is 8.19. The van der Waals surface area contributed by atoms with Crippen molar-refractivity contribution in [1.82, 2.24) is 14.9 Å². The number of carbonyl (C=O) groups is 1. The summed E-state index contributed by atoms with van der Waals surface area (Å²) in [7, 11) is 0. The molecule has 0 radical (unpaired) electrons. The van der Waals surface area contributed by atoms with Gasteiger partial charge in [0.1, 0.15) is 0 Å². The van der Waals surface area contributed by atoms with E-state index in [4.69, 9.17) is 0 Å². The van der Waals surface area contributed by atoms with Crippen molar-refractivity contribution in [3.05, 3.63) is 26.7 Å². The summed E-state index contributed by atoms with van der Waals surface area (Å²) in [5, 5.41) is 6.73. The zero-order valence-electron chi connectivity index (χ0n) is 11.5. The third-order valence-electron chi connectivity index (χ3n) is 3.15. The maximum atomic E-state index is 11.1. The van der Waals surface area contributed by atoms with Crippen LogP contribution in [0.3, 0.4) is 0 Å². The molecule has 3 heterocycles. The molecule has 0 atom stereocenters. The topological polar surface area (TPSA) is 58.1 Å². The van der Waals surface area contributed by atoms with Crippen molar-refractivity contribution >= 4 is 33.7 Å². The third-order valence-corrected chi connectivity index (χ3v) is 4.97. The molecule has 2 aromatic rings. The molecule has 1 N–H and O–H groups in total. The van der Waals surface area contributed by atoms with Crippen LogP contribution in [0.5, 0.6) is 0 Å². The molecule has 5 nitrogen and oxygen atoms in total.